The second-order valence-electron chi connectivity index (χ2n) is 2.98. The first-order chi connectivity index (χ1) is 7.61. The topological polar surface area (TPSA) is 46.5 Å². The number of aromatic hydroxyl groups is 1. The van der Waals surface area contributed by atoms with Gasteiger partial charge in [-0.05, 0) is 25.1 Å². The molecule has 3 nitrogen and oxygen atoms in total. The minimum Gasteiger partial charge on any atom is -0.508 e. The molecule has 0 bridgehead atoms. The largest absolute Gasteiger partial charge is 0.508 e. The highest BCUT2D eigenvalue weighted by molar-refractivity contribution is 6.30. The van der Waals surface area contributed by atoms with Crippen molar-refractivity contribution in [1.29, 1.82) is 0 Å². The molecule has 0 radical (unpaired) electrons. The second kappa shape index (κ2) is 6.04. The second-order valence-corrected chi connectivity index (χ2v) is 3.42. The Kier molecular flexibility index (Phi) is 4.68. The van der Waals surface area contributed by atoms with E-state index in [9.17, 15) is 9.90 Å². The average Bonchev–Trinajstić information content (AvgIpc) is 2.16. The van der Waals surface area contributed by atoms with Gasteiger partial charge in [0.1, 0.15) is 12.2 Å². The minimum absolute atomic E-state index is 0.0289. The van der Waals surface area contributed by atoms with Crippen LogP contribution in [-0.2, 0) is 9.53 Å². The van der Waals surface area contributed by atoms with E-state index in [0.29, 0.717) is 17.2 Å². The van der Waals surface area contributed by atoms with Crippen molar-refractivity contribution in [2.45, 2.75) is 13.3 Å². The molecule has 16 heavy (non-hydrogen) atoms. The zero-order valence-electron chi connectivity index (χ0n) is 8.79. The number of benzene rings is 1. The van der Waals surface area contributed by atoms with Crippen molar-refractivity contribution in [2.75, 3.05) is 6.61 Å². The molecule has 0 amide bonds. The molecule has 0 heterocycles. The number of carbonyl (C=O) groups is 1. The maximum Gasteiger partial charge on any atom is 0.317 e. The Balaban J connectivity index is 2.66. The van der Waals surface area contributed by atoms with Crippen molar-refractivity contribution in [3.8, 4) is 17.6 Å². The van der Waals surface area contributed by atoms with Gasteiger partial charge in [-0.2, -0.15) is 0 Å². The van der Waals surface area contributed by atoms with E-state index in [0.717, 1.165) is 0 Å². The summed E-state index contributed by atoms with van der Waals surface area (Å²) in [5.41, 5.74) is 0.564. The van der Waals surface area contributed by atoms with Gasteiger partial charge < -0.3 is 9.84 Å². The lowest BCUT2D eigenvalue weighted by atomic mass is 10.2. The summed E-state index contributed by atoms with van der Waals surface area (Å²) >= 11 is 5.72. The molecule has 0 aliphatic rings. The Bertz CT molecular complexity index is 423. The lowest BCUT2D eigenvalue weighted by Gasteiger charge is -1.96. The van der Waals surface area contributed by atoms with E-state index < -0.39 is 0 Å². The first kappa shape index (κ1) is 12.4. The van der Waals surface area contributed by atoms with Crippen molar-refractivity contribution in [1.82, 2.24) is 0 Å². The van der Waals surface area contributed by atoms with E-state index >= 15 is 0 Å². The molecule has 0 atom stereocenters. The average molecular weight is 239 g/mol. The highest BCUT2D eigenvalue weighted by Gasteiger charge is 1.97. The SMILES string of the molecule is CCOC(=O)CC#Cc1cc(O)cc(Cl)c1. The monoisotopic (exact) mass is 238 g/mol. The van der Waals surface area contributed by atoms with Gasteiger partial charge in [0, 0.05) is 10.6 Å². The zero-order valence-corrected chi connectivity index (χ0v) is 9.54. The molecular formula is C12H11ClO3. The molecule has 0 unspecified atom stereocenters. The third kappa shape index (κ3) is 4.24. The first-order valence-electron chi connectivity index (χ1n) is 4.76. The fraction of sp³-hybridized carbons (Fsp3) is 0.250. The van der Waals surface area contributed by atoms with Crippen molar-refractivity contribution in [3.63, 3.8) is 0 Å². The summed E-state index contributed by atoms with van der Waals surface area (Å²) in [5.74, 6) is 5.06. The zero-order chi connectivity index (χ0) is 12.0. The molecule has 1 aromatic carbocycles. The third-order valence-electron chi connectivity index (χ3n) is 1.65. The van der Waals surface area contributed by atoms with E-state index in [-0.39, 0.29) is 18.1 Å². The van der Waals surface area contributed by atoms with Crippen LogP contribution in [0.25, 0.3) is 0 Å². The fourth-order valence-corrected chi connectivity index (χ4v) is 1.31. The van der Waals surface area contributed by atoms with Crippen LogP contribution in [0.15, 0.2) is 18.2 Å². The maximum absolute atomic E-state index is 11.0. The van der Waals surface area contributed by atoms with Gasteiger partial charge in [-0.25, -0.2) is 0 Å². The van der Waals surface area contributed by atoms with Gasteiger partial charge in [0.25, 0.3) is 0 Å². The van der Waals surface area contributed by atoms with Crippen LogP contribution in [-0.4, -0.2) is 17.7 Å². The summed E-state index contributed by atoms with van der Waals surface area (Å²) in [4.78, 5) is 11.0. The Labute approximate surface area is 99.0 Å². The van der Waals surface area contributed by atoms with Gasteiger partial charge in [0.15, 0.2) is 0 Å². The van der Waals surface area contributed by atoms with E-state index in [1.807, 2.05) is 0 Å². The van der Waals surface area contributed by atoms with Gasteiger partial charge in [-0.1, -0.05) is 23.4 Å². The summed E-state index contributed by atoms with van der Waals surface area (Å²) in [6.45, 7) is 2.08. The van der Waals surface area contributed by atoms with Crippen LogP contribution in [0.3, 0.4) is 0 Å². The van der Waals surface area contributed by atoms with Crippen LogP contribution in [0, 0.1) is 11.8 Å². The van der Waals surface area contributed by atoms with E-state index in [1.165, 1.54) is 12.1 Å². The summed E-state index contributed by atoms with van der Waals surface area (Å²) in [5, 5.41) is 9.65. The van der Waals surface area contributed by atoms with Crippen molar-refractivity contribution in [3.05, 3.63) is 28.8 Å². The van der Waals surface area contributed by atoms with E-state index in [1.54, 1.807) is 13.0 Å². The highest BCUT2D eigenvalue weighted by Crippen LogP contribution is 2.18. The van der Waals surface area contributed by atoms with Crippen molar-refractivity contribution < 1.29 is 14.6 Å². The predicted octanol–water partition coefficient (Wildman–Crippen LogP) is 2.35. The van der Waals surface area contributed by atoms with Crippen LogP contribution < -0.4 is 0 Å². The Morgan fingerprint density at radius 3 is 2.88 bits per heavy atom. The quantitative estimate of drug-likeness (QED) is 0.636. The number of ether oxygens (including phenoxy) is 1. The number of hydrogen-bond donors (Lipinski definition) is 1. The fourth-order valence-electron chi connectivity index (χ4n) is 1.08. The molecule has 0 aliphatic heterocycles. The molecule has 4 heteroatoms. The molecule has 0 fully saturated rings. The Hall–Kier alpha value is -1.66. The normalized spacial score (nSPS) is 9.12. The number of phenols is 1. The van der Waals surface area contributed by atoms with Gasteiger partial charge in [0.2, 0.25) is 0 Å². The minimum atomic E-state index is -0.360. The number of rotatable bonds is 2. The number of esters is 1. The standard InChI is InChI=1S/C12H11ClO3/c1-2-16-12(15)5-3-4-9-6-10(13)8-11(14)7-9/h6-8,14H,2,5H2,1H3. The number of carbonyl (C=O) groups excluding carboxylic acids is 1. The van der Waals surface area contributed by atoms with Gasteiger partial charge in [-0.15, -0.1) is 0 Å². The van der Waals surface area contributed by atoms with Crippen molar-refractivity contribution >= 4 is 17.6 Å². The first-order valence-corrected chi connectivity index (χ1v) is 5.13. The van der Waals surface area contributed by atoms with E-state index in [2.05, 4.69) is 11.8 Å². The van der Waals surface area contributed by atoms with Gasteiger partial charge in [0.05, 0.1) is 6.61 Å². The summed E-state index contributed by atoms with van der Waals surface area (Å²) < 4.78 is 4.71. The summed E-state index contributed by atoms with van der Waals surface area (Å²) in [7, 11) is 0. The Morgan fingerprint density at radius 1 is 1.50 bits per heavy atom. The molecule has 0 aromatic heterocycles. The molecule has 0 aliphatic carbocycles. The van der Waals surface area contributed by atoms with Crippen LogP contribution in [0.5, 0.6) is 5.75 Å². The highest BCUT2D eigenvalue weighted by atomic mass is 35.5. The molecule has 0 saturated heterocycles. The molecule has 1 rings (SSSR count). The van der Waals surface area contributed by atoms with Crippen LogP contribution in [0.4, 0.5) is 0 Å². The lowest BCUT2D eigenvalue weighted by molar-refractivity contribution is -0.141. The number of phenolic OH excluding ortho intramolecular Hbond substituents is 1. The predicted molar refractivity (Wildman–Crippen MR) is 61.2 cm³/mol. The van der Waals surface area contributed by atoms with Crippen LogP contribution >= 0.6 is 11.6 Å². The smallest absolute Gasteiger partial charge is 0.317 e. The van der Waals surface area contributed by atoms with Crippen LogP contribution in [0.1, 0.15) is 18.9 Å². The van der Waals surface area contributed by atoms with Crippen LogP contribution in [0.2, 0.25) is 5.02 Å². The molecule has 84 valence electrons. The molecule has 0 spiro atoms. The van der Waals surface area contributed by atoms with Gasteiger partial charge >= 0.3 is 5.97 Å². The van der Waals surface area contributed by atoms with Gasteiger partial charge in [-0.3, -0.25) is 4.79 Å². The van der Waals surface area contributed by atoms with Crippen molar-refractivity contribution in [2.24, 2.45) is 0 Å². The Morgan fingerprint density at radius 2 is 2.25 bits per heavy atom. The molecular weight excluding hydrogens is 228 g/mol. The number of halogens is 1. The maximum atomic E-state index is 11.0. The molecule has 1 aromatic rings. The lowest BCUT2D eigenvalue weighted by Crippen LogP contribution is -2.01. The molecule has 0 saturated carbocycles. The number of hydrogen-bond acceptors (Lipinski definition) is 3. The molecule has 1 N–H and O–H groups in total. The van der Waals surface area contributed by atoms with E-state index in [4.69, 9.17) is 16.3 Å². The summed E-state index contributed by atoms with van der Waals surface area (Å²) in [6, 6.07) is 4.50. The summed E-state index contributed by atoms with van der Waals surface area (Å²) in [6.07, 6.45) is 0.0289. The third-order valence-corrected chi connectivity index (χ3v) is 1.87.